The Bertz CT molecular complexity index is 2500. The summed E-state index contributed by atoms with van der Waals surface area (Å²) in [6, 6.07) is 57.8. The van der Waals surface area contributed by atoms with Gasteiger partial charge in [-0.25, -0.2) is 0 Å². The van der Waals surface area contributed by atoms with Crippen LogP contribution in [0.1, 0.15) is 5.56 Å². The zero-order valence-electron chi connectivity index (χ0n) is 24.5. The van der Waals surface area contributed by atoms with Gasteiger partial charge < -0.3 is 4.57 Å². The van der Waals surface area contributed by atoms with Gasteiger partial charge in [-0.15, -0.1) is 0 Å². The molecule has 0 unspecified atom stereocenters. The van der Waals surface area contributed by atoms with E-state index in [1.807, 2.05) is 0 Å². The lowest BCUT2D eigenvalue weighted by Crippen LogP contribution is -1.97. The van der Waals surface area contributed by atoms with Crippen molar-refractivity contribution in [2.24, 2.45) is 0 Å². The van der Waals surface area contributed by atoms with Crippen LogP contribution < -0.4 is 0 Å². The highest BCUT2D eigenvalue weighted by Crippen LogP contribution is 2.46. The van der Waals surface area contributed by atoms with Crippen LogP contribution in [0, 0.1) is 6.92 Å². The van der Waals surface area contributed by atoms with E-state index in [9.17, 15) is 0 Å². The van der Waals surface area contributed by atoms with Crippen molar-refractivity contribution in [3.63, 3.8) is 0 Å². The summed E-state index contributed by atoms with van der Waals surface area (Å²) < 4.78 is 2.44. The molecule has 9 aromatic rings. The van der Waals surface area contributed by atoms with E-state index in [0.29, 0.717) is 0 Å². The highest BCUT2D eigenvalue weighted by molar-refractivity contribution is 6.24. The molecule has 0 atom stereocenters. The van der Waals surface area contributed by atoms with Crippen molar-refractivity contribution in [1.82, 2.24) is 4.57 Å². The van der Waals surface area contributed by atoms with Gasteiger partial charge in [-0.1, -0.05) is 145 Å². The largest absolute Gasteiger partial charge is 0.309 e. The van der Waals surface area contributed by atoms with E-state index in [-0.39, 0.29) is 0 Å². The second-order valence-corrected chi connectivity index (χ2v) is 11.8. The topological polar surface area (TPSA) is 4.93 Å². The van der Waals surface area contributed by atoms with Crippen molar-refractivity contribution in [3.8, 4) is 27.9 Å². The Balaban J connectivity index is 1.42. The van der Waals surface area contributed by atoms with E-state index in [4.69, 9.17) is 0 Å². The second kappa shape index (κ2) is 9.69. The third-order valence-corrected chi connectivity index (χ3v) is 9.23. The normalized spacial score (nSPS) is 11.8. The Morgan fingerprint density at radius 1 is 0.364 bits per heavy atom. The zero-order chi connectivity index (χ0) is 29.2. The van der Waals surface area contributed by atoms with E-state index in [2.05, 4.69) is 169 Å². The zero-order valence-corrected chi connectivity index (χ0v) is 24.5. The fraction of sp³-hybridized carbons (Fsp3) is 0.0233. The molecule has 0 radical (unpaired) electrons. The quantitative estimate of drug-likeness (QED) is 0.190. The highest BCUT2D eigenvalue weighted by atomic mass is 15.0. The summed E-state index contributed by atoms with van der Waals surface area (Å²) in [7, 11) is 0. The van der Waals surface area contributed by atoms with Gasteiger partial charge in [-0.05, 0) is 74.3 Å². The van der Waals surface area contributed by atoms with Gasteiger partial charge in [0, 0.05) is 16.2 Å². The molecule has 0 N–H and O–H groups in total. The average molecular weight is 560 g/mol. The maximum Gasteiger partial charge on any atom is 0.0541 e. The van der Waals surface area contributed by atoms with Gasteiger partial charge in [0.05, 0.1) is 16.7 Å². The molecule has 0 amide bonds. The summed E-state index contributed by atoms with van der Waals surface area (Å²) in [5.41, 5.74) is 10.0. The van der Waals surface area contributed by atoms with Crippen LogP contribution in [-0.2, 0) is 0 Å². The second-order valence-electron chi connectivity index (χ2n) is 11.8. The van der Waals surface area contributed by atoms with Gasteiger partial charge in [0.1, 0.15) is 0 Å². The molecule has 1 nitrogen and oxygen atoms in total. The van der Waals surface area contributed by atoms with Gasteiger partial charge in [-0.3, -0.25) is 0 Å². The summed E-state index contributed by atoms with van der Waals surface area (Å²) in [5, 5.41) is 10.2. The Morgan fingerprint density at radius 2 is 0.886 bits per heavy atom. The SMILES string of the molecule is Cc1ccc2c(-c3ccccc3)c3ccccc3c(-c3ccc(-n4c5ccccc5c5ccccc54)c4ccccc34)c2c1. The van der Waals surface area contributed by atoms with E-state index in [0.717, 1.165) is 0 Å². The van der Waals surface area contributed by atoms with Crippen molar-refractivity contribution < 1.29 is 0 Å². The molecule has 0 aliphatic heterocycles. The van der Waals surface area contributed by atoms with Crippen LogP contribution in [0.25, 0.3) is 82.1 Å². The summed E-state index contributed by atoms with van der Waals surface area (Å²) in [6.07, 6.45) is 0. The Kier molecular flexibility index (Phi) is 5.48. The lowest BCUT2D eigenvalue weighted by molar-refractivity contribution is 1.20. The van der Waals surface area contributed by atoms with E-state index in [1.54, 1.807) is 0 Å². The van der Waals surface area contributed by atoms with Crippen molar-refractivity contribution in [3.05, 3.63) is 163 Å². The number of benzene rings is 8. The van der Waals surface area contributed by atoms with Crippen LogP contribution >= 0.6 is 0 Å². The van der Waals surface area contributed by atoms with Crippen molar-refractivity contribution in [1.29, 1.82) is 0 Å². The number of fused-ring (bicyclic) bond motifs is 6. The first-order valence-electron chi connectivity index (χ1n) is 15.3. The predicted molar refractivity (Wildman–Crippen MR) is 189 cm³/mol. The minimum Gasteiger partial charge on any atom is -0.309 e. The van der Waals surface area contributed by atoms with Crippen LogP contribution in [0.2, 0.25) is 0 Å². The lowest BCUT2D eigenvalue weighted by atomic mass is 9.84. The molecular formula is C43H29N. The number of hydrogen-bond donors (Lipinski definition) is 0. The first-order chi connectivity index (χ1) is 21.8. The molecule has 206 valence electrons. The molecule has 0 saturated heterocycles. The summed E-state index contributed by atoms with van der Waals surface area (Å²) in [5.74, 6) is 0. The number of aromatic nitrogens is 1. The van der Waals surface area contributed by atoms with E-state index < -0.39 is 0 Å². The molecule has 0 bridgehead atoms. The molecule has 1 heterocycles. The summed E-state index contributed by atoms with van der Waals surface area (Å²) in [4.78, 5) is 0. The van der Waals surface area contributed by atoms with Gasteiger partial charge in [0.2, 0.25) is 0 Å². The first-order valence-corrected chi connectivity index (χ1v) is 15.3. The van der Waals surface area contributed by atoms with Gasteiger partial charge in [-0.2, -0.15) is 0 Å². The molecule has 0 spiro atoms. The Hall–Kier alpha value is -5.66. The maximum absolute atomic E-state index is 2.44. The summed E-state index contributed by atoms with van der Waals surface area (Å²) in [6.45, 7) is 2.20. The fourth-order valence-corrected chi connectivity index (χ4v) is 7.38. The van der Waals surface area contributed by atoms with Crippen molar-refractivity contribution >= 4 is 54.1 Å². The molecule has 0 fully saturated rings. The first kappa shape index (κ1) is 24.9. The predicted octanol–water partition coefficient (Wildman–Crippen LogP) is 11.9. The van der Waals surface area contributed by atoms with Crippen molar-refractivity contribution in [2.75, 3.05) is 0 Å². The number of rotatable bonds is 3. The minimum atomic E-state index is 1.20. The number of para-hydroxylation sites is 2. The van der Waals surface area contributed by atoms with Gasteiger partial charge in [0.15, 0.2) is 0 Å². The third kappa shape index (κ3) is 3.60. The van der Waals surface area contributed by atoms with Crippen LogP contribution in [0.5, 0.6) is 0 Å². The smallest absolute Gasteiger partial charge is 0.0541 e. The monoisotopic (exact) mass is 559 g/mol. The van der Waals surface area contributed by atoms with Gasteiger partial charge in [0.25, 0.3) is 0 Å². The molecule has 0 aliphatic rings. The summed E-state index contributed by atoms with van der Waals surface area (Å²) >= 11 is 0. The minimum absolute atomic E-state index is 1.20. The standard InChI is InChI=1S/C43H29N/c1-28-23-24-37-38(27-28)43(35-20-8-7-19-34(35)42(37)29-13-3-2-4-14-29)36-25-26-41(31-16-6-5-15-30(31)36)44-39-21-11-9-17-32(39)33-18-10-12-22-40(33)44/h2-27H,1H3. The number of aryl methyl sites for hydroxylation is 1. The molecule has 1 aromatic heterocycles. The lowest BCUT2D eigenvalue weighted by Gasteiger charge is -2.20. The average Bonchev–Trinajstić information content (AvgIpc) is 3.41. The molecule has 0 aliphatic carbocycles. The highest BCUT2D eigenvalue weighted by Gasteiger charge is 2.20. The van der Waals surface area contributed by atoms with Crippen LogP contribution in [-0.4, -0.2) is 4.57 Å². The number of nitrogens with zero attached hydrogens (tertiary/aromatic N) is 1. The Morgan fingerprint density at radius 3 is 1.57 bits per heavy atom. The molecule has 1 heteroatoms. The van der Waals surface area contributed by atoms with Crippen LogP contribution in [0.15, 0.2) is 158 Å². The molecule has 9 rings (SSSR count). The molecular weight excluding hydrogens is 530 g/mol. The molecule has 8 aromatic carbocycles. The molecule has 44 heavy (non-hydrogen) atoms. The fourth-order valence-electron chi connectivity index (χ4n) is 7.38. The van der Waals surface area contributed by atoms with E-state index in [1.165, 1.54) is 87.6 Å². The number of hydrogen-bond acceptors (Lipinski definition) is 0. The maximum atomic E-state index is 2.44. The molecule has 0 saturated carbocycles. The van der Waals surface area contributed by atoms with E-state index >= 15 is 0 Å². The van der Waals surface area contributed by atoms with Crippen LogP contribution in [0.4, 0.5) is 0 Å². The Labute approximate surface area is 256 Å². The van der Waals surface area contributed by atoms with Crippen molar-refractivity contribution in [2.45, 2.75) is 6.92 Å². The third-order valence-electron chi connectivity index (χ3n) is 9.23. The van der Waals surface area contributed by atoms with Crippen LogP contribution in [0.3, 0.4) is 0 Å². The van der Waals surface area contributed by atoms with Gasteiger partial charge >= 0.3 is 0 Å².